The zero-order valence-electron chi connectivity index (χ0n) is 10.6. The molecule has 1 N–H and O–H groups in total. The van der Waals surface area contributed by atoms with Gasteiger partial charge in [0.2, 0.25) is 0 Å². The SMILES string of the molecule is Cn1ccnc1CC(O)c1ccc2nccnc2c1. The number of aryl methyl sites for hydroxylation is 1. The number of rotatable bonds is 3. The average Bonchev–Trinajstić information content (AvgIpc) is 2.84. The Kier molecular flexibility index (Phi) is 2.97. The van der Waals surface area contributed by atoms with E-state index in [0.29, 0.717) is 6.42 Å². The Bertz CT molecular complexity index is 707. The van der Waals surface area contributed by atoms with E-state index in [1.54, 1.807) is 18.6 Å². The molecule has 1 atom stereocenters. The second-order valence-electron chi connectivity index (χ2n) is 4.48. The summed E-state index contributed by atoms with van der Waals surface area (Å²) < 4.78 is 1.91. The molecule has 0 radical (unpaired) electrons. The third-order valence-corrected chi connectivity index (χ3v) is 3.18. The standard InChI is InChI=1S/C14H14N4O/c1-18-7-6-17-14(18)9-13(19)10-2-3-11-12(8-10)16-5-4-15-11/h2-8,13,19H,9H2,1H3. The largest absolute Gasteiger partial charge is 0.388 e. The van der Waals surface area contributed by atoms with Crippen LogP contribution in [-0.2, 0) is 13.5 Å². The maximum Gasteiger partial charge on any atom is 0.111 e. The lowest BCUT2D eigenvalue weighted by Gasteiger charge is -2.11. The van der Waals surface area contributed by atoms with E-state index >= 15 is 0 Å². The Labute approximate surface area is 110 Å². The number of fused-ring (bicyclic) bond motifs is 1. The van der Waals surface area contributed by atoms with Crippen molar-refractivity contribution in [2.24, 2.45) is 7.05 Å². The van der Waals surface area contributed by atoms with Crippen LogP contribution in [0.25, 0.3) is 11.0 Å². The highest BCUT2D eigenvalue weighted by Gasteiger charge is 2.12. The van der Waals surface area contributed by atoms with Gasteiger partial charge < -0.3 is 9.67 Å². The highest BCUT2D eigenvalue weighted by molar-refractivity contribution is 5.74. The van der Waals surface area contributed by atoms with Crippen LogP contribution in [0.2, 0.25) is 0 Å². The number of nitrogens with zero attached hydrogens (tertiary/aromatic N) is 4. The highest BCUT2D eigenvalue weighted by Crippen LogP contribution is 2.20. The summed E-state index contributed by atoms with van der Waals surface area (Å²) in [5, 5.41) is 10.3. The van der Waals surface area contributed by atoms with Gasteiger partial charge in [-0.15, -0.1) is 0 Å². The van der Waals surface area contributed by atoms with Crippen molar-refractivity contribution in [3.63, 3.8) is 0 Å². The van der Waals surface area contributed by atoms with Gasteiger partial charge >= 0.3 is 0 Å². The molecule has 0 fully saturated rings. The third kappa shape index (κ3) is 2.32. The minimum absolute atomic E-state index is 0.481. The lowest BCUT2D eigenvalue weighted by molar-refractivity contribution is 0.175. The Balaban J connectivity index is 1.89. The zero-order valence-corrected chi connectivity index (χ0v) is 10.6. The fraction of sp³-hybridized carbons (Fsp3) is 0.214. The van der Waals surface area contributed by atoms with Crippen molar-refractivity contribution in [2.45, 2.75) is 12.5 Å². The fourth-order valence-electron chi connectivity index (χ4n) is 2.07. The first-order valence-corrected chi connectivity index (χ1v) is 6.09. The van der Waals surface area contributed by atoms with Crippen molar-refractivity contribution < 1.29 is 5.11 Å². The molecule has 3 rings (SSSR count). The molecule has 96 valence electrons. The van der Waals surface area contributed by atoms with Crippen LogP contribution in [0.15, 0.2) is 43.0 Å². The maximum absolute atomic E-state index is 10.3. The molecule has 0 aliphatic heterocycles. The van der Waals surface area contributed by atoms with Gasteiger partial charge in [-0.1, -0.05) is 6.07 Å². The number of aromatic nitrogens is 4. The number of aliphatic hydroxyl groups excluding tert-OH is 1. The number of benzene rings is 1. The summed E-state index contributed by atoms with van der Waals surface area (Å²) in [4.78, 5) is 12.7. The number of hydrogen-bond acceptors (Lipinski definition) is 4. The highest BCUT2D eigenvalue weighted by atomic mass is 16.3. The van der Waals surface area contributed by atoms with Crippen LogP contribution in [0.1, 0.15) is 17.5 Å². The van der Waals surface area contributed by atoms with Crippen molar-refractivity contribution in [3.05, 3.63) is 54.4 Å². The summed E-state index contributed by atoms with van der Waals surface area (Å²) in [5.41, 5.74) is 2.45. The van der Waals surface area contributed by atoms with E-state index in [1.165, 1.54) is 0 Å². The van der Waals surface area contributed by atoms with Crippen molar-refractivity contribution in [1.82, 2.24) is 19.5 Å². The molecule has 3 aromatic rings. The first-order chi connectivity index (χ1) is 9.24. The molecular formula is C14H14N4O. The summed E-state index contributed by atoms with van der Waals surface area (Å²) in [6.07, 6.45) is 6.80. The molecule has 1 unspecified atom stereocenters. The number of aliphatic hydroxyl groups is 1. The fourth-order valence-corrected chi connectivity index (χ4v) is 2.07. The predicted molar refractivity (Wildman–Crippen MR) is 71.4 cm³/mol. The van der Waals surface area contributed by atoms with E-state index in [2.05, 4.69) is 15.0 Å². The van der Waals surface area contributed by atoms with Crippen LogP contribution in [0.5, 0.6) is 0 Å². The predicted octanol–water partition coefficient (Wildman–Crippen LogP) is 1.64. The van der Waals surface area contributed by atoms with Crippen LogP contribution in [0, 0.1) is 0 Å². The summed E-state index contributed by atoms with van der Waals surface area (Å²) in [7, 11) is 1.92. The first-order valence-electron chi connectivity index (χ1n) is 6.09. The van der Waals surface area contributed by atoms with Crippen molar-refractivity contribution >= 4 is 11.0 Å². The van der Waals surface area contributed by atoms with Crippen molar-refractivity contribution in [1.29, 1.82) is 0 Å². The van der Waals surface area contributed by atoms with Crippen LogP contribution in [0.3, 0.4) is 0 Å². The topological polar surface area (TPSA) is 63.8 Å². The Morgan fingerprint density at radius 3 is 2.63 bits per heavy atom. The maximum atomic E-state index is 10.3. The lowest BCUT2D eigenvalue weighted by atomic mass is 10.1. The molecule has 1 aromatic carbocycles. The third-order valence-electron chi connectivity index (χ3n) is 3.18. The van der Waals surface area contributed by atoms with Crippen LogP contribution < -0.4 is 0 Å². The molecule has 19 heavy (non-hydrogen) atoms. The van der Waals surface area contributed by atoms with Gasteiger partial charge in [0, 0.05) is 38.3 Å². The molecule has 0 saturated heterocycles. The van der Waals surface area contributed by atoms with Gasteiger partial charge in [-0.2, -0.15) is 0 Å². The monoisotopic (exact) mass is 254 g/mol. The van der Waals surface area contributed by atoms with Gasteiger partial charge in [0.05, 0.1) is 17.1 Å². The molecule has 2 heterocycles. The Morgan fingerprint density at radius 2 is 1.89 bits per heavy atom. The summed E-state index contributed by atoms with van der Waals surface area (Å²) in [5.74, 6) is 0.853. The van der Waals surface area contributed by atoms with Gasteiger partial charge in [-0.05, 0) is 17.7 Å². The van der Waals surface area contributed by atoms with Gasteiger partial charge in [0.25, 0.3) is 0 Å². The molecule has 2 aromatic heterocycles. The van der Waals surface area contributed by atoms with Crippen LogP contribution in [-0.4, -0.2) is 24.6 Å². The van der Waals surface area contributed by atoms with E-state index in [9.17, 15) is 5.11 Å². The molecule has 0 bridgehead atoms. The van der Waals surface area contributed by atoms with Crippen LogP contribution >= 0.6 is 0 Å². The molecule has 5 heteroatoms. The summed E-state index contributed by atoms with van der Waals surface area (Å²) >= 11 is 0. The van der Waals surface area contributed by atoms with E-state index in [0.717, 1.165) is 22.4 Å². The van der Waals surface area contributed by atoms with Gasteiger partial charge in [0.15, 0.2) is 0 Å². The van der Waals surface area contributed by atoms with E-state index in [4.69, 9.17) is 0 Å². The minimum atomic E-state index is -0.590. The zero-order chi connectivity index (χ0) is 13.2. The molecule has 0 aliphatic rings. The summed E-state index contributed by atoms with van der Waals surface area (Å²) in [6, 6.07) is 5.62. The Morgan fingerprint density at radius 1 is 1.11 bits per heavy atom. The average molecular weight is 254 g/mol. The smallest absolute Gasteiger partial charge is 0.111 e. The van der Waals surface area contributed by atoms with Gasteiger partial charge in [-0.25, -0.2) is 4.98 Å². The molecule has 0 spiro atoms. The minimum Gasteiger partial charge on any atom is -0.388 e. The Hall–Kier alpha value is -2.27. The second-order valence-corrected chi connectivity index (χ2v) is 4.48. The van der Waals surface area contributed by atoms with E-state index < -0.39 is 6.10 Å². The van der Waals surface area contributed by atoms with E-state index in [1.807, 2.05) is 36.0 Å². The molecule has 0 aliphatic carbocycles. The molecular weight excluding hydrogens is 240 g/mol. The first kappa shape index (κ1) is 11.8. The van der Waals surface area contributed by atoms with Crippen molar-refractivity contribution in [3.8, 4) is 0 Å². The molecule has 5 nitrogen and oxygen atoms in total. The van der Waals surface area contributed by atoms with E-state index in [-0.39, 0.29) is 0 Å². The quantitative estimate of drug-likeness (QED) is 0.771. The molecule has 0 amide bonds. The number of hydrogen-bond donors (Lipinski definition) is 1. The van der Waals surface area contributed by atoms with Crippen LogP contribution in [0.4, 0.5) is 0 Å². The second kappa shape index (κ2) is 4.78. The summed E-state index contributed by atoms with van der Waals surface area (Å²) in [6.45, 7) is 0. The lowest BCUT2D eigenvalue weighted by Crippen LogP contribution is -2.06. The van der Waals surface area contributed by atoms with Gasteiger partial charge in [0.1, 0.15) is 5.82 Å². The number of imidazole rings is 1. The van der Waals surface area contributed by atoms with Crippen molar-refractivity contribution in [2.75, 3.05) is 0 Å². The van der Waals surface area contributed by atoms with Gasteiger partial charge in [-0.3, -0.25) is 9.97 Å². The molecule has 0 saturated carbocycles. The normalized spacial score (nSPS) is 12.7.